The Morgan fingerprint density at radius 2 is 1.36 bits per heavy atom. The summed E-state index contributed by atoms with van der Waals surface area (Å²) in [5, 5.41) is 14.8. The van der Waals surface area contributed by atoms with Crippen LogP contribution in [0.15, 0.2) is 108 Å². The van der Waals surface area contributed by atoms with Crippen LogP contribution in [0.1, 0.15) is 27.8 Å². The summed E-state index contributed by atoms with van der Waals surface area (Å²) in [6.45, 7) is 3.49. The highest BCUT2D eigenvalue weighted by Crippen LogP contribution is 2.28. The van der Waals surface area contributed by atoms with Crippen molar-refractivity contribution in [1.82, 2.24) is 19.8 Å². The van der Waals surface area contributed by atoms with Crippen LogP contribution in [0.4, 0.5) is 10.5 Å². The number of amides is 5. The SMILES string of the molecule is Cc1cc(OCCOc2ccc(CN3CC(=O)N(CC(=O)NC(Cc4ccc(OCc5ccc(Cl)cc5)cc4)C(=O)NS(=O)(=O)c4ccc(Cl)c([N+](=O)[O-])c4)C3=O)cc2)cc(C)c1Cl. The van der Waals surface area contributed by atoms with Gasteiger partial charge in [-0.05, 0) is 102 Å². The van der Waals surface area contributed by atoms with E-state index in [4.69, 9.17) is 49.0 Å². The van der Waals surface area contributed by atoms with Gasteiger partial charge < -0.3 is 24.4 Å². The predicted molar refractivity (Wildman–Crippen MR) is 237 cm³/mol. The summed E-state index contributed by atoms with van der Waals surface area (Å²) in [7, 11) is -4.73. The largest absolute Gasteiger partial charge is 0.490 e. The average Bonchev–Trinajstić information content (AvgIpc) is 3.51. The molecular weight excluding hydrogens is 913 g/mol. The van der Waals surface area contributed by atoms with Crippen LogP contribution in [0.2, 0.25) is 15.1 Å². The van der Waals surface area contributed by atoms with Gasteiger partial charge in [-0.3, -0.25) is 29.4 Å². The quantitative estimate of drug-likeness (QED) is 0.0367. The number of ether oxygens (including phenoxy) is 3. The maximum atomic E-state index is 13.6. The van der Waals surface area contributed by atoms with Gasteiger partial charge in [-0.2, -0.15) is 0 Å². The first-order chi connectivity index (χ1) is 30.4. The number of hydrogen-bond acceptors (Lipinski definition) is 11. The van der Waals surface area contributed by atoms with Crippen LogP contribution in [0.25, 0.3) is 0 Å². The fraction of sp³-hybridized carbons (Fsp3) is 0.227. The highest BCUT2D eigenvalue weighted by molar-refractivity contribution is 7.90. The van der Waals surface area contributed by atoms with Crippen molar-refractivity contribution in [2.24, 2.45) is 0 Å². The molecule has 1 unspecified atom stereocenters. The number of carbonyl (C=O) groups is 4. The number of nitro benzene ring substituents is 1. The predicted octanol–water partition coefficient (Wildman–Crippen LogP) is 7.21. The summed E-state index contributed by atoms with van der Waals surface area (Å²) >= 11 is 18.0. The minimum Gasteiger partial charge on any atom is -0.490 e. The van der Waals surface area contributed by atoms with Crippen LogP contribution in [0.3, 0.4) is 0 Å². The molecule has 0 bridgehead atoms. The maximum absolute atomic E-state index is 13.6. The van der Waals surface area contributed by atoms with Gasteiger partial charge in [0.05, 0.1) is 9.82 Å². The van der Waals surface area contributed by atoms with Crippen molar-refractivity contribution in [3.8, 4) is 17.2 Å². The minimum atomic E-state index is -4.73. The molecule has 5 aromatic carbocycles. The fourth-order valence-electron chi connectivity index (χ4n) is 6.45. The molecule has 1 saturated heterocycles. The van der Waals surface area contributed by atoms with E-state index in [1.807, 2.05) is 30.7 Å². The van der Waals surface area contributed by atoms with Crippen molar-refractivity contribution in [2.45, 2.75) is 44.4 Å². The molecule has 20 heteroatoms. The first kappa shape index (κ1) is 47.1. The van der Waals surface area contributed by atoms with E-state index in [1.165, 1.54) is 4.90 Å². The fourth-order valence-corrected chi connectivity index (χ4v) is 7.91. The van der Waals surface area contributed by atoms with E-state index in [1.54, 1.807) is 72.8 Å². The molecule has 0 aliphatic carbocycles. The van der Waals surface area contributed by atoms with Gasteiger partial charge in [0, 0.05) is 29.1 Å². The van der Waals surface area contributed by atoms with E-state index in [0.717, 1.165) is 33.7 Å². The lowest BCUT2D eigenvalue weighted by Crippen LogP contribution is -2.52. The monoisotopic (exact) mass is 951 g/mol. The van der Waals surface area contributed by atoms with Crippen LogP contribution in [-0.2, 0) is 44.0 Å². The normalized spacial score (nSPS) is 13.1. The molecule has 1 heterocycles. The molecule has 16 nitrogen and oxygen atoms in total. The van der Waals surface area contributed by atoms with Crippen molar-refractivity contribution in [2.75, 3.05) is 26.3 Å². The second-order valence-corrected chi connectivity index (χ2v) is 17.5. The van der Waals surface area contributed by atoms with Crippen LogP contribution in [-0.4, -0.2) is 79.2 Å². The molecule has 1 aliphatic rings. The molecule has 6 rings (SSSR count). The van der Waals surface area contributed by atoms with Gasteiger partial charge >= 0.3 is 6.03 Å². The molecule has 0 saturated carbocycles. The lowest BCUT2D eigenvalue weighted by atomic mass is 10.1. The van der Waals surface area contributed by atoms with Crippen molar-refractivity contribution in [3.63, 3.8) is 0 Å². The molecule has 5 amide bonds. The summed E-state index contributed by atoms with van der Waals surface area (Å²) in [6.07, 6.45) is -0.256. The molecule has 5 aromatic rings. The van der Waals surface area contributed by atoms with Crippen molar-refractivity contribution in [1.29, 1.82) is 0 Å². The number of nitro groups is 1. The van der Waals surface area contributed by atoms with Gasteiger partial charge in [-0.1, -0.05) is 71.2 Å². The molecule has 1 aliphatic heterocycles. The molecule has 1 atom stereocenters. The van der Waals surface area contributed by atoms with Crippen molar-refractivity contribution >= 4 is 74.3 Å². The van der Waals surface area contributed by atoms with Crippen LogP contribution in [0, 0.1) is 24.0 Å². The third-order valence-corrected chi connectivity index (χ3v) is 12.3. The summed E-state index contributed by atoms with van der Waals surface area (Å²) < 4.78 is 45.8. The number of sulfonamides is 1. The smallest absolute Gasteiger partial charge is 0.328 e. The van der Waals surface area contributed by atoms with Gasteiger partial charge in [0.2, 0.25) is 5.91 Å². The number of urea groups is 1. The summed E-state index contributed by atoms with van der Waals surface area (Å²) in [6, 6.07) is 24.4. The molecular formula is C44H40Cl3N5O11S. The Bertz CT molecular complexity index is 2650. The third kappa shape index (κ3) is 12.4. The van der Waals surface area contributed by atoms with E-state index < -0.39 is 61.9 Å². The first-order valence-corrected chi connectivity index (χ1v) is 22.0. The number of benzene rings is 5. The Hall–Kier alpha value is -6.40. The number of aryl methyl sites for hydroxylation is 2. The standard InChI is InChI=1S/C44H40Cl3N5O11S/c1-27-19-35(20-28(2)42(27)47)62-18-17-61-33-13-7-30(8-14-33)23-50-25-41(54)51(44(50)56)24-40(53)48-38(43(55)49-64(59,60)36-15-16-37(46)39(22-36)52(57)58)21-29-5-11-34(12-6-29)63-26-31-3-9-32(45)10-4-31/h3-16,19-20,22,38H,17-18,21,23-26H2,1-2H3,(H,48,53)(H,49,55). The number of nitrogens with zero attached hydrogens (tertiary/aromatic N) is 3. The number of halogens is 3. The molecule has 2 N–H and O–H groups in total. The Balaban J connectivity index is 1.07. The molecule has 0 spiro atoms. The van der Waals surface area contributed by atoms with E-state index in [-0.39, 0.29) is 44.4 Å². The average molecular weight is 953 g/mol. The molecule has 334 valence electrons. The minimum absolute atomic E-state index is 0.0342. The van der Waals surface area contributed by atoms with Crippen molar-refractivity contribution in [3.05, 3.63) is 156 Å². The zero-order chi connectivity index (χ0) is 46.1. The summed E-state index contributed by atoms with van der Waals surface area (Å²) in [5.41, 5.74) is 3.10. The van der Waals surface area contributed by atoms with Gasteiger partial charge in [0.1, 0.15) is 61.2 Å². The number of imide groups is 1. The van der Waals surface area contributed by atoms with Gasteiger partial charge in [-0.15, -0.1) is 0 Å². The number of carbonyl (C=O) groups excluding carboxylic acids is 4. The van der Waals surface area contributed by atoms with Gasteiger partial charge in [0.25, 0.3) is 27.5 Å². The van der Waals surface area contributed by atoms with E-state index in [0.29, 0.717) is 44.5 Å². The number of nitrogens with one attached hydrogen (secondary N) is 2. The lowest BCUT2D eigenvalue weighted by molar-refractivity contribution is -0.384. The Labute approximate surface area is 383 Å². The topological polar surface area (TPSA) is 204 Å². The molecule has 0 radical (unpaired) electrons. The van der Waals surface area contributed by atoms with E-state index in [2.05, 4.69) is 5.32 Å². The van der Waals surface area contributed by atoms with Crippen LogP contribution < -0.4 is 24.2 Å². The second kappa shape index (κ2) is 20.9. The Morgan fingerprint density at radius 3 is 1.98 bits per heavy atom. The van der Waals surface area contributed by atoms with E-state index in [9.17, 15) is 37.7 Å². The second-order valence-electron chi connectivity index (χ2n) is 14.6. The van der Waals surface area contributed by atoms with Gasteiger partial charge in [-0.25, -0.2) is 17.9 Å². The lowest BCUT2D eigenvalue weighted by Gasteiger charge is -2.21. The first-order valence-electron chi connectivity index (χ1n) is 19.4. The molecule has 0 aromatic heterocycles. The Morgan fingerprint density at radius 1 is 0.781 bits per heavy atom. The van der Waals surface area contributed by atoms with Gasteiger partial charge in [0.15, 0.2) is 0 Å². The molecule has 64 heavy (non-hydrogen) atoms. The third-order valence-electron chi connectivity index (χ3n) is 9.75. The molecule has 1 fully saturated rings. The highest BCUT2D eigenvalue weighted by atomic mass is 35.5. The maximum Gasteiger partial charge on any atom is 0.328 e. The highest BCUT2D eigenvalue weighted by Gasteiger charge is 2.38. The van der Waals surface area contributed by atoms with E-state index >= 15 is 0 Å². The zero-order valence-corrected chi connectivity index (χ0v) is 37.3. The Kier molecular flexibility index (Phi) is 15.3. The zero-order valence-electron chi connectivity index (χ0n) is 34.2. The number of hydrogen-bond donors (Lipinski definition) is 2. The van der Waals surface area contributed by atoms with Crippen molar-refractivity contribution < 1.29 is 46.7 Å². The number of rotatable bonds is 19. The van der Waals surface area contributed by atoms with Crippen LogP contribution in [0.5, 0.6) is 17.2 Å². The summed E-state index contributed by atoms with van der Waals surface area (Å²) in [5.74, 6) is -1.13. The summed E-state index contributed by atoms with van der Waals surface area (Å²) in [4.78, 5) is 65.4. The van der Waals surface area contributed by atoms with Crippen LogP contribution >= 0.6 is 34.8 Å².